The Labute approximate surface area is 438 Å². The molecule has 2 saturated heterocycles. The Balaban J connectivity index is 0.000000182. The van der Waals surface area contributed by atoms with Gasteiger partial charge in [-0.3, -0.25) is 9.59 Å². The Morgan fingerprint density at radius 1 is 0.568 bits per heavy atom. The predicted molar refractivity (Wildman–Crippen MR) is 300 cm³/mol. The number of para-hydroxylation sites is 4. The van der Waals surface area contributed by atoms with E-state index in [1.54, 1.807) is 14.2 Å². The molecular weight excluding hydrogens is 919 g/mol. The van der Waals surface area contributed by atoms with Crippen LogP contribution in [0.25, 0.3) is 43.6 Å². The Kier molecular flexibility index (Phi) is 17.6. The number of hydrogen-bond donors (Lipinski definition) is 1. The van der Waals surface area contributed by atoms with Gasteiger partial charge in [0.2, 0.25) is 11.8 Å². The third-order valence-corrected chi connectivity index (χ3v) is 15.3. The molecule has 2 amide bonds. The number of fused-ring (bicyclic) bond motifs is 4. The number of carbonyl (C=O) groups excluding carboxylic acids is 2. The van der Waals surface area contributed by atoms with Crippen molar-refractivity contribution in [2.24, 2.45) is 23.5 Å². The molecule has 0 radical (unpaired) electrons. The molecule has 388 valence electrons. The Morgan fingerprint density at radius 2 is 1.00 bits per heavy atom. The minimum absolute atomic E-state index is 0.145. The SMILES string of the molecule is COCCCn1c(C2CC(C)CN(C(=O)C[C@H](C)Cc3ccc4ccccc4c3)C2)nc2ccccc21.COCCCn1c(C2CC(C)CN(C(=O)C[C@H](N)Cc3ccc4ccccc4c3)C2)nc2ccccc21. The average Bonchev–Trinajstić information content (AvgIpc) is 3.97. The molecule has 11 heteroatoms. The van der Waals surface area contributed by atoms with Gasteiger partial charge in [0.25, 0.3) is 0 Å². The van der Waals surface area contributed by atoms with E-state index in [1.165, 1.54) is 38.2 Å². The highest BCUT2D eigenvalue weighted by Gasteiger charge is 2.34. The van der Waals surface area contributed by atoms with Gasteiger partial charge in [0, 0.05) is 97.4 Å². The molecule has 6 aromatic carbocycles. The van der Waals surface area contributed by atoms with Crippen molar-refractivity contribution in [2.75, 3.05) is 53.6 Å². The van der Waals surface area contributed by atoms with Crippen molar-refractivity contribution in [3.8, 4) is 0 Å². The molecule has 2 aliphatic rings. The van der Waals surface area contributed by atoms with Crippen LogP contribution in [0.15, 0.2) is 133 Å². The van der Waals surface area contributed by atoms with Crippen LogP contribution >= 0.6 is 0 Å². The van der Waals surface area contributed by atoms with Crippen LogP contribution in [0.2, 0.25) is 0 Å². The molecule has 10 rings (SSSR count). The monoisotopic (exact) mass is 996 g/mol. The van der Waals surface area contributed by atoms with Gasteiger partial charge >= 0.3 is 0 Å². The van der Waals surface area contributed by atoms with E-state index in [0.717, 1.165) is 99.6 Å². The first-order chi connectivity index (χ1) is 36.0. The third-order valence-electron chi connectivity index (χ3n) is 15.3. The van der Waals surface area contributed by atoms with E-state index in [0.29, 0.717) is 50.2 Å². The first-order valence-electron chi connectivity index (χ1n) is 27.2. The number of imidazole rings is 2. The molecule has 4 unspecified atom stereocenters. The van der Waals surface area contributed by atoms with Gasteiger partial charge in [-0.1, -0.05) is 130 Å². The number of ether oxygens (including phenoxy) is 2. The number of benzene rings is 6. The van der Waals surface area contributed by atoms with Crippen LogP contribution in [0.4, 0.5) is 0 Å². The smallest absolute Gasteiger partial charge is 0.224 e. The number of methoxy groups -OCH3 is 2. The molecule has 8 aromatic rings. The highest BCUT2D eigenvalue weighted by atomic mass is 16.5. The van der Waals surface area contributed by atoms with Crippen molar-refractivity contribution < 1.29 is 19.1 Å². The number of rotatable bonds is 18. The number of carbonyl (C=O) groups is 2. The Morgan fingerprint density at radius 3 is 1.49 bits per heavy atom. The fourth-order valence-electron chi connectivity index (χ4n) is 11.9. The zero-order valence-corrected chi connectivity index (χ0v) is 44.4. The molecule has 6 atom stereocenters. The second-order valence-corrected chi connectivity index (χ2v) is 21.6. The van der Waals surface area contributed by atoms with Crippen LogP contribution < -0.4 is 5.73 Å². The predicted octanol–water partition coefficient (Wildman–Crippen LogP) is 11.6. The van der Waals surface area contributed by atoms with Crippen molar-refractivity contribution in [1.82, 2.24) is 28.9 Å². The van der Waals surface area contributed by atoms with Crippen LogP contribution in [0.3, 0.4) is 0 Å². The van der Waals surface area contributed by atoms with Crippen LogP contribution in [0, 0.1) is 17.8 Å². The van der Waals surface area contributed by atoms with E-state index in [4.69, 9.17) is 25.2 Å². The fraction of sp³-hybridized carbons (Fsp3) is 0.429. The number of piperidine rings is 2. The highest BCUT2D eigenvalue weighted by molar-refractivity contribution is 5.84. The van der Waals surface area contributed by atoms with Crippen molar-refractivity contribution in [2.45, 2.75) is 103 Å². The van der Waals surface area contributed by atoms with Gasteiger partial charge in [-0.2, -0.15) is 0 Å². The molecule has 4 heterocycles. The van der Waals surface area contributed by atoms with Crippen molar-refractivity contribution in [3.05, 3.63) is 156 Å². The van der Waals surface area contributed by atoms with Crippen LogP contribution in [0.5, 0.6) is 0 Å². The van der Waals surface area contributed by atoms with Gasteiger partial charge in [-0.15, -0.1) is 0 Å². The molecule has 11 nitrogen and oxygen atoms in total. The summed E-state index contributed by atoms with van der Waals surface area (Å²) in [6, 6.07) is 46.4. The number of aryl methyl sites for hydroxylation is 2. The molecule has 2 N–H and O–H groups in total. The van der Waals surface area contributed by atoms with E-state index in [1.807, 2.05) is 17.0 Å². The molecule has 0 saturated carbocycles. The van der Waals surface area contributed by atoms with E-state index < -0.39 is 0 Å². The number of amides is 2. The van der Waals surface area contributed by atoms with Crippen LogP contribution in [-0.4, -0.2) is 100 Å². The summed E-state index contributed by atoms with van der Waals surface area (Å²) >= 11 is 0. The normalized spacial score (nSPS) is 18.9. The standard InChI is InChI=1S/C32H39N3O2.C31H38N4O2/c1-23(17-25-13-14-26-9-4-5-10-27(26)20-25)19-31(36)34-21-24(2)18-28(22-34)32-33-29-11-6-7-12-30(29)35(32)15-8-16-37-3;1-22-16-26(31-33-28-10-5-6-11-29(28)35(31)14-7-15-37-2)21-34(20-22)30(36)19-27(32)18-23-12-13-24-8-3-4-9-25(24)17-23/h4-7,9-14,20,23-24,28H,8,15-19,21-22H2,1-3H3;3-6,8-13,17,22,26-27H,7,14-16,18-21,32H2,1-2H3/t23-,24?,28?;22?,26?,27-/m11/s1. The topological polar surface area (TPSA) is 121 Å². The lowest BCUT2D eigenvalue weighted by atomic mass is 9.88. The van der Waals surface area contributed by atoms with Gasteiger partial charge in [-0.05, 0) is 113 Å². The van der Waals surface area contributed by atoms with E-state index in [-0.39, 0.29) is 29.7 Å². The van der Waals surface area contributed by atoms with Gasteiger partial charge in [0.15, 0.2) is 0 Å². The van der Waals surface area contributed by atoms with Gasteiger partial charge in [0.1, 0.15) is 11.6 Å². The Hall–Kier alpha value is -6.40. The molecule has 0 bridgehead atoms. The second kappa shape index (κ2) is 24.8. The van der Waals surface area contributed by atoms with Crippen molar-refractivity contribution in [1.29, 1.82) is 0 Å². The summed E-state index contributed by atoms with van der Waals surface area (Å²) in [6.45, 7) is 12.9. The Bertz CT molecular complexity index is 2930. The van der Waals surface area contributed by atoms with Gasteiger partial charge in [-0.25, -0.2) is 9.97 Å². The molecule has 2 aromatic heterocycles. The van der Waals surface area contributed by atoms with Crippen molar-refractivity contribution >= 4 is 55.4 Å². The molecule has 2 fully saturated rings. The lowest BCUT2D eigenvalue weighted by molar-refractivity contribution is -0.134. The van der Waals surface area contributed by atoms with Gasteiger partial charge < -0.3 is 34.1 Å². The number of nitrogens with zero attached hydrogens (tertiary/aromatic N) is 6. The van der Waals surface area contributed by atoms with E-state index in [2.05, 4.69) is 156 Å². The zero-order chi connectivity index (χ0) is 51.6. The van der Waals surface area contributed by atoms with Gasteiger partial charge in [0.05, 0.1) is 22.1 Å². The van der Waals surface area contributed by atoms with Crippen molar-refractivity contribution in [3.63, 3.8) is 0 Å². The molecule has 2 aliphatic heterocycles. The largest absolute Gasteiger partial charge is 0.385 e. The quantitative estimate of drug-likeness (QED) is 0.0850. The lowest BCUT2D eigenvalue weighted by Crippen LogP contribution is -2.45. The minimum Gasteiger partial charge on any atom is -0.385 e. The number of nitrogens with two attached hydrogens (primary N) is 1. The maximum absolute atomic E-state index is 13.5. The number of likely N-dealkylation sites (tertiary alicyclic amines) is 2. The van der Waals surface area contributed by atoms with E-state index in [9.17, 15) is 9.59 Å². The lowest BCUT2D eigenvalue weighted by Gasteiger charge is -2.37. The maximum Gasteiger partial charge on any atom is 0.224 e. The fourth-order valence-corrected chi connectivity index (χ4v) is 11.9. The minimum atomic E-state index is -0.206. The summed E-state index contributed by atoms with van der Waals surface area (Å²) in [5.41, 5.74) is 13.4. The summed E-state index contributed by atoms with van der Waals surface area (Å²) in [5.74, 6) is 4.23. The summed E-state index contributed by atoms with van der Waals surface area (Å²) in [6.07, 6.45) is 6.51. The molecular formula is C63H77N7O4. The maximum atomic E-state index is 13.5. The summed E-state index contributed by atoms with van der Waals surface area (Å²) in [5, 5.41) is 4.95. The second-order valence-electron chi connectivity index (χ2n) is 21.6. The van der Waals surface area contributed by atoms with Crippen LogP contribution in [0.1, 0.15) is 93.9 Å². The summed E-state index contributed by atoms with van der Waals surface area (Å²) < 4.78 is 15.3. The third kappa shape index (κ3) is 12.9. The van der Waals surface area contributed by atoms with E-state index >= 15 is 0 Å². The summed E-state index contributed by atoms with van der Waals surface area (Å²) in [4.78, 5) is 41.1. The summed E-state index contributed by atoms with van der Waals surface area (Å²) in [7, 11) is 3.49. The first kappa shape index (κ1) is 52.5. The average molecular weight is 996 g/mol. The zero-order valence-electron chi connectivity index (χ0n) is 44.4. The number of hydrogen-bond acceptors (Lipinski definition) is 7. The van der Waals surface area contributed by atoms with Crippen LogP contribution in [-0.2, 0) is 45.0 Å². The first-order valence-corrected chi connectivity index (χ1v) is 27.2. The molecule has 0 aliphatic carbocycles. The molecule has 74 heavy (non-hydrogen) atoms. The highest BCUT2D eigenvalue weighted by Crippen LogP contribution is 2.35. The molecule has 0 spiro atoms. The number of aromatic nitrogens is 4.